The molecule has 1 saturated heterocycles. The molecular formula is C40H41ClF3N3O6. The Morgan fingerprint density at radius 3 is 2.09 bits per heavy atom. The zero-order chi connectivity index (χ0) is 37.8. The number of β-amino-alcohol motifs (C(OH)–C–C–N with tert-alkyl or cyclic N) is 1. The van der Waals surface area contributed by atoms with Crippen molar-refractivity contribution in [2.45, 2.75) is 56.4 Å². The Kier molecular flexibility index (Phi) is 11.5. The Bertz CT molecular complexity index is 2010. The number of hydrogen-bond donors (Lipinski definition) is 1. The lowest BCUT2D eigenvalue weighted by Gasteiger charge is -2.39. The highest BCUT2D eigenvalue weighted by Gasteiger charge is 2.57. The molecule has 1 aliphatic heterocycles. The van der Waals surface area contributed by atoms with Gasteiger partial charge in [0, 0.05) is 59.6 Å². The van der Waals surface area contributed by atoms with Crippen LogP contribution in [0, 0.1) is 10.1 Å². The summed E-state index contributed by atoms with van der Waals surface area (Å²) >= 11 is 6.05. The van der Waals surface area contributed by atoms with Gasteiger partial charge in [0.25, 0.3) is 5.69 Å². The van der Waals surface area contributed by atoms with E-state index in [1.807, 2.05) is 30.3 Å². The number of nitro benzene ring substituents is 1. The van der Waals surface area contributed by atoms with Crippen LogP contribution in [0.3, 0.4) is 0 Å². The van der Waals surface area contributed by atoms with E-state index in [9.17, 15) is 15.2 Å². The molecule has 1 aliphatic rings. The van der Waals surface area contributed by atoms with Crippen LogP contribution in [0.5, 0.6) is 17.2 Å². The minimum atomic E-state index is -5.08. The van der Waals surface area contributed by atoms with Crippen molar-refractivity contribution in [3.05, 3.63) is 123 Å². The molecule has 0 amide bonds. The fourth-order valence-electron chi connectivity index (χ4n) is 6.97. The fraction of sp³-hybridized carbons (Fsp3) is 0.350. The molecule has 1 unspecified atom stereocenters. The molecule has 13 heteroatoms. The van der Waals surface area contributed by atoms with Crippen molar-refractivity contribution in [1.82, 2.24) is 9.47 Å². The molecule has 1 aromatic heterocycles. The minimum absolute atomic E-state index is 0.0439. The fourth-order valence-corrected chi connectivity index (χ4v) is 7.10. The van der Waals surface area contributed by atoms with Crippen molar-refractivity contribution in [1.29, 1.82) is 0 Å². The summed E-state index contributed by atoms with van der Waals surface area (Å²) in [5.74, 6) is 1.49. The van der Waals surface area contributed by atoms with Crippen LogP contribution >= 0.6 is 11.6 Å². The third-order valence-corrected chi connectivity index (χ3v) is 10.1. The van der Waals surface area contributed by atoms with E-state index in [0.717, 1.165) is 37.3 Å². The van der Waals surface area contributed by atoms with Crippen molar-refractivity contribution >= 4 is 28.2 Å². The molecule has 0 bridgehead atoms. The number of methoxy groups -OCH3 is 2. The predicted octanol–water partition coefficient (Wildman–Crippen LogP) is 9.07. The minimum Gasteiger partial charge on any atom is -0.493 e. The Morgan fingerprint density at radius 1 is 0.887 bits per heavy atom. The Balaban J connectivity index is 1.17. The number of nitrogens with zero attached hydrogens (tertiary/aromatic N) is 3. The van der Waals surface area contributed by atoms with Crippen LogP contribution in [0.1, 0.15) is 42.4 Å². The topological polar surface area (TPSA) is 99.2 Å². The van der Waals surface area contributed by atoms with E-state index in [1.54, 1.807) is 43.4 Å². The number of piperidine rings is 1. The van der Waals surface area contributed by atoms with Gasteiger partial charge in [-0.05, 0) is 92.1 Å². The highest BCUT2D eigenvalue weighted by Crippen LogP contribution is 2.45. The van der Waals surface area contributed by atoms with Gasteiger partial charge in [0.2, 0.25) is 11.4 Å². The summed E-state index contributed by atoms with van der Waals surface area (Å²) in [5.41, 5.74) is -1.07. The second kappa shape index (κ2) is 16.1. The smallest absolute Gasteiger partial charge is 0.422 e. The lowest BCUT2D eigenvalue weighted by molar-refractivity contribution is -0.384. The van der Waals surface area contributed by atoms with Crippen LogP contribution in [-0.2, 0) is 18.4 Å². The summed E-state index contributed by atoms with van der Waals surface area (Å²) in [6, 6.07) is 24.1. The first-order valence-corrected chi connectivity index (χ1v) is 17.8. The van der Waals surface area contributed by atoms with E-state index in [2.05, 4.69) is 12.1 Å². The number of halogens is 4. The number of unbranched alkanes of at least 4 members (excludes halogenated alkanes) is 1. The first kappa shape index (κ1) is 38.0. The number of ether oxygens (including phenoxy) is 3. The molecule has 2 heterocycles. The first-order valence-electron chi connectivity index (χ1n) is 17.4. The van der Waals surface area contributed by atoms with Crippen molar-refractivity contribution < 1.29 is 37.4 Å². The number of alkyl halides is 3. The summed E-state index contributed by atoms with van der Waals surface area (Å²) in [6.45, 7) is -0.311. The van der Waals surface area contributed by atoms with E-state index in [0.29, 0.717) is 40.8 Å². The normalized spacial score (nSPS) is 15.3. The molecule has 1 atom stereocenters. The SMILES string of the molecule is COc1cc(CCCCc2ccccc2)cc(OC)c1OC1CCN(CC(O)(c2cn(-c3ccc(Cl)cc3)c3cc([N+](=O)[O-])ccc23)C(F)(F)F)CC1. The number of nitro groups is 1. The van der Waals surface area contributed by atoms with Gasteiger partial charge in [-0.3, -0.25) is 15.0 Å². The molecule has 0 radical (unpaired) electrons. The van der Waals surface area contributed by atoms with E-state index in [1.165, 1.54) is 28.5 Å². The van der Waals surface area contributed by atoms with E-state index < -0.39 is 28.8 Å². The number of rotatable bonds is 14. The standard InChI is InChI=1S/C40H41ClF3N3O6/c1-51-36-22-28(11-7-6-10-27-8-4-3-5-9-27)23-37(52-2)38(36)53-32-18-20-45(21-19-32)26-39(48,40(42,43)44)34-25-46(30-14-12-29(41)13-15-30)35-24-31(47(49)50)16-17-33(34)35/h3-5,8-9,12-17,22-25,32,48H,6-7,10-11,18-21,26H2,1-2H3. The van der Waals surface area contributed by atoms with Crippen molar-refractivity contribution in [3.8, 4) is 22.9 Å². The van der Waals surface area contributed by atoms with E-state index >= 15 is 13.2 Å². The summed E-state index contributed by atoms with van der Waals surface area (Å²) < 4.78 is 64.2. The highest BCUT2D eigenvalue weighted by molar-refractivity contribution is 6.30. The van der Waals surface area contributed by atoms with Gasteiger partial charge < -0.3 is 23.9 Å². The molecule has 1 N–H and O–H groups in total. The average molecular weight is 752 g/mol. The molecule has 4 aromatic carbocycles. The molecular weight excluding hydrogens is 711 g/mol. The van der Waals surface area contributed by atoms with Crippen molar-refractivity contribution in [2.24, 2.45) is 0 Å². The van der Waals surface area contributed by atoms with Gasteiger partial charge in [0.15, 0.2) is 11.5 Å². The second-order valence-electron chi connectivity index (χ2n) is 13.3. The molecule has 0 spiro atoms. The molecule has 280 valence electrons. The summed E-state index contributed by atoms with van der Waals surface area (Å²) in [4.78, 5) is 12.5. The molecule has 1 fully saturated rings. The van der Waals surface area contributed by atoms with Gasteiger partial charge >= 0.3 is 6.18 Å². The van der Waals surface area contributed by atoms with E-state index in [-0.39, 0.29) is 35.8 Å². The third-order valence-electron chi connectivity index (χ3n) is 9.84. The monoisotopic (exact) mass is 751 g/mol. The van der Waals surface area contributed by atoms with Gasteiger partial charge in [-0.1, -0.05) is 41.9 Å². The Labute approximate surface area is 310 Å². The van der Waals surface area contributed by atoms with Crippen LogP contribution < -0.4 is 14.2 Å². The van der Waals surface area contributed by atoms with Crippen LogP contribution in [0.2, 0.25) is 5.02 Å². The number of hydrogen-bond acceptors (Lipinski definition) is 7. The quantitative estimate of drug-likeness (QED) is 0.0687. The maximum atomic E-state index is 15.0. The molecule has 6 rings (SSSR count). The lowest BCUT2D eigenvalue weighted by Crippen LogP contribution is -2.53. The molecule has 9 nitrogen and oxygen atoms in total. The Morgan fingerprint density at radius 2 is 1.51 bits per heavy atom. The zero-order valence-corrected chi connectivity index (χ0v) is 30.2. The van der Waals surface area contributed by atoms with Crippen LogP contribution in [0.25, 0.3) is 16.6 Å². The maximum Gasteiger partial charge on any atom is 0.422 e. The molecule has 0 saturated carbocycles. The summed E-state index contributed by atoms with van der Waals surface area (Å²) in [7, 11) is 3.12. The zero-order valence-electron chi connectivity index (χ0n) is 29.4. The number of aliphatic hydroxyl groups is 1. The first-order chi connectivity index (χ1) is 25.4. The largest absolute Gasteiger partial charge is 0.493 e. The van der Waals surface area contributed by atoms with Crippen molar-refractivity contribution in [3.63, 3.8) is 0 Å². The summed E-state index contributed by atoms with van der Waals surface area (Å²) in [6.07, 6.45) is 0.394. The maximum absolute atomic E-state index is 15.0. The van der Waals surface area contributed by atoms with Gasteiger partial charge in [0.1, 0.15) is 6.10 Å². The molecule has 53 heavy (non-hydrogen) atoms. The van der Waals surface area contributed by atoms with Gasteiger partial charge in [-0.2, -0.15) is 13.2 Å². The number of aromatic nitrogens is 1. The van der Waals surface area contributed by atoms with Gasteiger partial charge in [0.05, 0.1) is 24.7 Å². The van der Waals surface area contributed by atoms with Crippen LogP contribution in [-0.4, -0.2) is 65.6 Å². The predicted molar refractivity (Wildman–Crippen MR) is 198 cm³/mol. The van der Waals surface area contributed by atoms with Gasteiger partial charge in [-0.15, -0.1) is 0 Å². The number of aryl methyl sites for hydroxylation is 2. The number of likely N-dealkylation sites (tertiary alicyclic amines) is 1. The van der Waals surface area contributed by atoms with Crippen LogP contribution in [0.15, 0.2) is 91.1 Å². The summed E-state index contributed by atoms with van der Waals surface area (Å²) in [5, 5.41) is 23.7. The lowest BCUT2D eigenvalue weighted by atomic mass is 9.91. The van der Waals surface area contributed by atoms with E-state index in [4.69, 9.17) is 25.8 Å². The van der Waals surface area contributed by atoms with Crippen molar-refractivity contribution in [2.75, 3.05) is 33.9 Å². The number of fused-ring (bicyclic) bond motifs is 1. The molecule has 5 aromatic rings. The van der Waals surface area contributed by atoms with Crippen LogP contribution in [0.4, 0.5) is 18.9 Å². The van der Waals surface area contributed by atoms with Gasteiger partial charge in [-0.25, -0.2) is 0 Å². The highest BCUT2D eigenvalue weighted by atomic mass is 35.5. The number of non-ortho nitro benzene ring substituents is 1. The average Bonchev–Trinajstić information content (AvgIpc) is 3.54. The number of benzene rings is 4. The third kappa shape index (κ3) is 8.40. The second-order valence-corrected chi connectivity index (χ2v) is 13.8. The Hall–Kier alpha value is -4.78. The molecule has 0 aliphatic carbocycles.